The number of phenols is 1. The minimum Gasteiger partial charge on any atom is -0.507 e. The van der Waals surface area contributed by atoms with Gasteiger partial charge in [0.25, 0.3) is 5.91 Å². The number of carbonyl (C=O) groups is 1. The molecule has 1 amide bonds. The van der Waals surface area contributed by atoms with Crippen LogP contribution in [0.3, 0.4) is 0 Å². The van der Waals surface area contributed by atoms with Crippen LogP contribution in [0.1, 0.15) is 37.0 Å². The number of halogens is 1. The van der Waals surface area contributed by atoms with Crippen LogP contribution in [0.4, 0.5) is 0 Å². The lowest BCUT2D eigenvalue weighted by Gasteiger charge is -2.30. The van der Waals surface area contributed by atoms with Crippen molar-refractivity contribution in [1.82, 2.24) is 4.90 Å². The maximum Gasteiger partial charge on any atom is 0.257 e. The number of aromatic hydroxyl groups is 1. The molecule has 4 nitrogen and oxygen atoms in total. The largest absolute Gasteiger partial charge is 0.507 e. The highest BCUT2D eigenvalue weighted by atomic mass is 79.9. The molecule has 0 saturated heterocycles. The lowest BCUT2D eigenvalue weighted by atomic mass is 10.1. The number of nitrogens with zero attached hydrogens (tertiary/aromatic N) is 1. The number of rotatable bonds is 7. The molecule has 112 valence electrons. The van der Waals surface area contributed by atoms with Crippen molar-refractivity contribution in [3.05, 3.63) is 23.8 Å². The van der Waals surface area contributed by atoms with E-state index in [2.05, 4.69) is 29.8 Å². The second-order valence-corrected chi connectivity index (χ2v) is 5.33. The summed E-state index contributed by atoms with van der Waals surface area (Å²) in [4.78, 5) is 14.4. The predicted molar refractivity (Wildman–Crippen MR) is 83.9 cm³/mol. The molecule has 20 heavy (non-hydrogen) atoms. The fourth-order valence-corrected chi connectivity index (χ4v) is 2.63. The van der Waals surface area contributed by atoms with Crippen molar-refractivity contribution in [3.8, 4) is 11.5 Å². The summed E-state index contributed by atoms with van der Waals surface area (Å²) < 4.78 is 5.04. The fraction of sp³-hybridized carbons (Fsp3) is 0.533. The summed E-state index contributed by atoms with van der Waals surface area (Å²) in [6.07, 6.45) is 1.79. The van der Waals surface area contributed by atoms with Gasteiger partial charge < -0.3 is 14.7 Å². The molecule has 0 bridgehead atoms. The van der Waals surface area contributed by atoms with Gasteiger partial charge in [0.05, 0.1) is 12.7 Å². The van der Waals surface area contributed by atoms with Crippen molar-refractivity contribution in [2.75, 3.05) is 19.0 Å². The van der Waals surface area contributed by atoms with Crippen molar-refractivity contribution >= 4 is 21.8 Å². The average Bonchev–Trinajstić information content (AvgIpc) is 2.46. The van der Waals surface area contributed by atoms with Crippen LogP contribution in [0, 0.1) is 0 Å². The van der Waals surface area contributed by atoms with E-state index in [0.717, 1.165) is 12.8 Å². The number of ether oxygens (including phenoxy) is 1. The number of methoxy groups -OCH3 is 1. The standard InChI is InChI=1S/C15H22BrNO3/c1-4-11(5-2)17(9-8-16)15(19)13-7-6-12(20-3)10-14(13)18/h6-7,10-11,18H,4-5,8-9H2,1-3H3. The zero-order valence-corrected chi connectivity index (χ0v) is 13.8. The SMILES string of the molecule is CCC(CC)N(CCBr)C(=O)c1ccc(OC)cc1O. The summed E-state index contributed by atoms with van der Waals surface area (Å²) in [7, 11) is 1.53. The average molecular weight is 344 g/mol. The first-order chi connectivity index (χ1) is 9.58. The number of hydrogen-bond acceptors (Lipinski definition) is 3. The van der Waals surface area contributed by atoms with Gasteiger partial charge in [-0.15, -0.1) is 0 Å². The fourth-order valence-electron chi connectivity index (χ4n) is 2.24. The van der Waals surface area contributed by atoms with Gasteiger partial charge >= 0.3 is 0 Å². The van der Waals surface area contributed by atoms with Gasteiger partial charge in [0.15, 0.2) is 0 Å². The lowest BCUT2D eigenvalue weighted by Crippen LogP contribution is -2.41. The first-order valence-electron chi connectivity index (χ1n) is 6.82. The van der Waals surface area contributed by atoms with E-state index < -0.39 is 0 Å². The Balaban J connectivity index is 3.05. The molecule has 1 aromatic rings. The molecule has 0 radical (unpaired) electrons. The molecule has 0 heterocycles. The van der Waals surface area contributed by atoms with Gasteiger partial charge in [0.2, 0.25) is 0 Å². The third kappa shape index (κ3) is 3.88. The Morgan fingerprint density at radius 1 is 1.40 bits per heavy atom. The third-order valence-electron chi connectivity index (χ3n) is 3.40. The van der Waals surface area contributed by atoms with Crippen molar-refractivity contribution in [2.24, 2.45) is 0 Å². The number of amides is 1. The van der Waals surface area contributed by atoms with E-state index in [9.17, 15) is 9.90 Å². The van der Waals surface area contributed by atoms with Gasteiger partial charge in [0.1, 0.15) is 11.5 Å². The molecule has 0 aromatic heterocycles. The Morgan fingerprint density at radius 3 is 2.50 bits per heavy atom. The monoisotopic (exact) mass is 343 g/mol. The molecule has 0 aliphatic heterocycles. The maximum atomic E-state index is 12.6. The summed E-state index contributed by atoms with van der Waals surface area (Å²) in [5.74, 6) is 0.354. The van der Waals surface area contributed by atoms with Gasteiger partial charge in [-0.3, -0.25) is 4.79 Å². The highest BCUT2D eigenvalue weighted by Crippen LogP contribution is 2.26. The number of alkyl halides is 1. The smallest absolute Gasteiger partial charge is 0.257 e. The number of benzene rings is 1. The molecule has 0 atom stereocenters. The van der Waals surface area contributed by atoms with Crippen molar-refractivity contribution in [3.63, 3.8) is 0 Å². The Kier molecular flexibility index (Phi) is 6.85. The highest BCUT2D eigenvalue weighted by molar-refractivity contribution is 9.09. The molecular weight excluding hydrogens is 322 g/mol. The van der Waals surface area contributed by atoms with E-state index in [1.165, 1.54) is 13.2 Å². The topological polar surface area (TPSA) is 49.8 Å². The maximum absolute atomic E-state index is 12.6. The van der Waals surface area contributed by atoms with Crippen LogP contribution >= 0.6 is 15.9 Å². The van der Waals surface area contributed by atoms with Crippen LogP contribution in [0.15, 0.2) is 18.2 Å². The van der Waals surface area contributed by atoms with Crippen LogP contribution < -0.4 is 4.74 Å². The quantitative estimate of drug-likeness (QED) is 0.771. The van der Waals surface area contributed by atoms with Crippen LogP contribution in [0.2, 0.25) is 0 Å². The predicted octanol–water partition coefficient (Wildman–Crippen LogP) is 3.43. The molecule has 5 heteroatoms. The molecule has 0 unspecified atom stereocenters. The van der Waals surface area contributed by atoms with Crippen molar-refractivity contribution in [2.45, 2.75) is 32.7 Å². The van der Waals surface area contributed by atoms with E-state index in [0.29, 0.717) is 23.2 Å². The second-order valence-electron chi connectivity index (χ2n) is 4.54. The van der Waals surface area contributed by atoms with Crippen molar-refractivity contribution in [1.29, 1.82) is 0 Å². The van der Waals surface area contributed by atoms with E-state index in [-0.39, 0.29) is 17.7 Å². The molecule has 0 spiro atoms. The molecule has 1 N–H and O–H groups in total. The molecule has 1 rings (SSSR count). The second kappa shape index (κ2) is 8.15. The number of carbonyl (C=O) groups excluding carboxylic acids is 1. The highest BCUT2D eigenvalue weighted by Gasteiger charge is 2.24. The van der Waals surface area contributed by atoms with Gasteiger partial charge in [0, 0.05) is 24.0 Å². The van der Waals surface area contributed by atoms with Crippen LogP contribution in [-0.2, 0) is 0 Å². The molecule has 0 saturated carbocycles. The molecular formula is C15H22BrNO3. The number of hydrogen-bond donors (Lipinski definition) is 1. The van der Waals surface area contributed by atoms with Crippen LogP contribution in [0.5, 0.6) is 11.5 Å². The van der Waals surface area contributed by atoms with Gasteiger partial charge in [-0.25, -0.2) is 0 Å². The normalized spacial score (nSPS) is 10.7. The first kappa shape index (κ1) is 16.8. The first-order valence-corrected chi connectivity index (χ1v) is 7.95. The Bertz CT molecular complexity index is 447. The molecule has 0 aliphatic rings. The van der Waals surface area contributed by atoms with E-state index in [1.807, 2.05) is 4.90 Å². The molecule has 1 aromatic carbocycles. The Hall–Kier alpha value is -1.23. The minimum absolute atomic E-state index is 0.0418. The summed E-state index contributed by atoms with van der Waals surface area (Å²) in [5, 5.41) is 10.7. The summed E-state index contributed by atoms with van der Waals surface area (Å²) in [5.41, 5.74) is 0.318. The lowest BCUT2D eigenvalue weighted by molar-refractivity contribution is 0.0680. The van der Waals surface area contributed by atoms with E-state index in [4.69, 9.17) is 4.74 Å². The van der Waals surface area contributed by atoms with Crippen molar-refractivity contribution < 1.29 is 14.6 Å². The van der Waals surface area contributed by atoms with Gasteiger partial charge in [-0.05, 0) is 25.0 Å². The molecule has 0 aliphatic carbocycles. The van der Waals surface area contributed by atoms with Crippen LogP contribution in [-0.4, -0.2) is 40.9 Å². The summed E-state index contributed by atoms with van der Waals surface area (Å²) >= 11 is 3.38. The Labute approximate surface area is 128 Å². The third-order valence-corrected chi connectivity index (χ3v) is 3.76. The zero-order chi connectivity index (χ0) is 15.1. The van der Waals surface area contributed by atoms with Crippen LogP contribution in [0.25, 0.3) is 0 Å². The van der Waals surface area contributed by atoms with E-state index >= 15 is 0 Å². The minimum atomic E-state index is -0.140. The van der Waals surface area contributed by atoms with Gasteiger partial charge in [-0.2, -0.15) is 0 Å². The Morgan fingerprint density at radius 2 is 2.05 bits per heavy atom. The zero-order valence-electron chi connectivity index (χ0n) is 12.2. The summed E-state index contributed by atoms with van der Waals surface area (Å²) in [6.45, 7) is 4.75. The molecule has 0 fully saturated rings. The summed E-state index contributed by atoms with van der Waals surface area (Å²) in [6, 6.07) is 4.94. The number of phenolic OH excluding ortho intramolecular Hbond substituents is 1. The van der Waals surface area contributed by atoms with Gasteiger partial charge in [-0.1, -0.05) is 29.8 Å². The van der Waals surface area contributed by atoms with E-state index in [1.54, 1.807) is 12.1 Å².